The third-order valence-electron chi connectivity index (χ3n) is 2.43. The number of nitrogens with one attached hydrogen (secondary N) is 1. The third-order valence-corrected chi connectivity index (χ3v) is 2.85. The van der Waals surface area contributed by atoms with E-state index in [0.717, 1.165) is 5.75 Å². The molecule has 5 heteroatoms. The van der Waals surface area contributed by atoms with Crippen LogP contribution in [0, 0.1) is 0 Å². The van der Waals surface area contributed by atoms with E-state index >= 15 is 0 Å². The SMILES string of the molecule is CCOc1ccc(NC(=O)C=Cc2ccc(Br)o2)cc1. The van der Waals surface area contributed by atoms with Gasteiger partial charge in [0.15, 0.2) is 4.67 Å². The average Bonchev–Trinajstić information content (AvgIpc) is 2.85. The highest BCUT2D eigenvalue weighted by molar-refractivity contribution is 9.10. The smallest absolute Gasteiger partial charge is 0.248 e. The van der Waals surface area contributed by atoms with Gasteiger partial charge in [0.2, 0.25) is 5.91 Å². The molecule has 2 aromatic rings. The summed E-state index contributed by atoms with van der Waals surface area (Å²) >= 11 is 3.20. The van der Waals surface area contributed by atoms with E-state index in [9.17, 15) is 4.79 Å². The van der Waals surface area contributed by atoms with Crippen LogP contribution in [-0.2, 0) is 4.79 Å². The highest BCUT2D eigenvalue weighted by atomic mass is 79.9. The lowest BCUT2D eigenvalue weighted by Gasteiger charge is -2.05. The maximum absolute atomic E-state index is 11.7. The lowest BCUT2D eigenvalue weighted by atomic mass is 10.3. The summed E-state index contributed by atoms with van der Waals surface area (Å²) in [4.78, 5) is 11.7. The number of benzene rings is 1. The molecule has 104 valence electrons. The zero-order chi connectivity index (χ0) is 14.4. The van der Waals surface area contributed by atoms with Gasteiger partial charge >= 0.3 is 0 Å². The summed E-state index contributed by atoms with van der Waals surface area (Å²) < 4.78 is 11.2. The number of furan rings is 1. The molecule has 0 saturated heterocycles. The molecule has 2 rings (SSSR count). The van der Waals surface area contributed by atoms with Crippen molar-refractivity contribution >= 4 is 33.6 Å². The number of ether oxygens (including phenoxy) is 1. The molecule has 0 saturated carbocycles. The molecular weight excluding hydrogens is 322 g/mol. The number of carbonyl (C=O) groups excluding carboxylic acids is 1. The lowest BCUT2D eigenvalue weighted by molar-refractivity contribution is -0.111. The van der Waals surface area contributed by atoms with E-state index < -0.39 is 0 Å². The van der Waals surface area contributed by atoms with E-state index in [0.29, 0.717) is 22.7 Å². The molecule has 1 N–H and O–H groups in total. The molecule has 20 heavy (non-hydrogen) atoms. The van der Waals surface area contributed by atoms with Gasteiger partial charge in [0.1, 0.15) is 11.5 Å². The van der Waals surface area contributed by atoms with Crippen molar-refractivity contribution in [3.05, 3.63) is 52.9 Å². The van der Waals surface area contributed by atoms with E-state index in [4.69, 9.17) is 9.15 Å². The van der Waals surface area contributed by atoms with Crippen LogP contribution in [0.1, 0.15) is 12.7 Å². The van der Waals surface area contributed by atoms with E-state index in [1.54, 1.807) is 30.3 Å². The molecule has 0 aliphatic carbocycles. The van der Waals surface area contributed by atoms with E-state index in [1.165, 1.54) is 6.08 Å². The van der Waals surface area contributed by atoms with Crippen LogP contribution in [0.5, 0.6) is 5.75 Å². The second-order valence-electron chi connectivity index (χ2n) is 3.92. The Balaban J connectivity index is 1.92. The average molecular weight is 336 g/mol. The Hall–Kier alpha value is -2.01. The Labute approximate surface area is 125 Å². The molecule has 0 radical (unpaired) electrons. The Kier molecular flexibility index (Phi) is 5.01. The second-order valence-corrected chi connectivity index (χ2v) is 4.70. The van der Waals surface area contributed by atoms with E-state index in [1.807, 2.05) is 19.1 Å². The largest absolute Gasteiger partial charge is 0.494 e. The second kappa shape index (κ2) is 6.96. The Morgan fingerprint density at radius 1 is 1.30 bits per heavy atom. The third kappa shape index (κ3) is 4.28. The maximum Gasteiger partial charge on any atom is 0.248 e. The minimum atomic E-state index is -0.221. The standard InChI is InChI=1S/C15H14BrNO3/c1-2-19-12-5-3-11(4-6-12)17-15(18)10-8-13-7-9-14(16)20-13/h3-10H,2H2,1H3,(H,17,18). The summed E-state index contributed by atoms with van der Waals surface area (Å²) in [6.45, 7) is 2.54. The van der Waals surface area contributed by atoms with Gasteiger partial charge in [-0.15, -0.1) is 0 Å². The first-order valence-electron chi connectivity index (χ1n) is 6.14. The molecule has 1 aromatic carbocycles. The predicted octanol–water partition coefficient (Wildman–Crippen LogP) is 4.09. The zero-order valence-corrected chi connectivity index (χ0v) is 12.5. The summed E-state index contributed by atoms with van der Waals surface area (Å²) in [7, 11) is 0. The number of hydrogen-bond donors (Lipinski definition) is 1. The number of rotatable bonds is 5. The van der Waals surface area contributed by atoms with Gasteiger partial charge in [0.05, 0.1) is 6.61 Å². The molecule has 0 aliphatic rings. The van der Waals surface area contributed by atoms with E-state index in [-0.39, 0.29) is 5.91 Å². The van der Waals surface area contributed by atoms with Crippen LogP contribution in [0.4, 0.5) is 5.69 Å². The number of anilines is 1. The van der Waals surface area contributed by atoms with Crippen molar-refractivity contribution in [1.82, 2.24) is 0 Å². The van der Waals surface area contributed by atoms with Gasteiger partial charge in [-0.1, -0.05) is 0 Å². The molecule has 1 amide bonds. The van der Waals surface area contributed by atoms with Gasteiger partial charge < -0.3 is 14.5 Å². The normalized spacial score (nSPS) is 10.7. The van der Waals surface area contributed by atoms with Crippen LogP contribution in [-0.4, -0.2) is 12.5 Å². The van der Waals surface area contributed by atoms with Crippen LogP contribution in [0.2, 0.25) is 0 Å². The molecule has 1 heterocycles. The fourth-order valence-corrected chi connectivity index (χ4v) is 1.88. The molecule has 0 bridgehead atoms. The molecular formula is C15H14BrNO3. The first kappa shape index (κ1) is 14.4. The van der Waals surface area contributed by atoms with Gasteiger partial charge in [0, 0.05) is 11.8 Å². The molecule has 0 unspecified atom stereocenters. The van der Waals surface area contributed by atoms with Crippen molar-refractivity contribution in [2.45, 2.75) is 6.92 Å². The van der Waals surface area contributed by atoms with Crippen LogP contribution < -0.4 is 10.1 Å². The highest BCUT2D eigenvalue weighted by Crippen LogP contribution is 2.17. The topological polar surface area (TPSA) is 51.5 Å². The summed E-state index contributed by atoms with van der Waals surface area (Å²) in [6.07, 6.45) is 3.02. The number of amides is 1. The van der Waals surface area contributed by atoms with Crippen molar-refractivity contribution in [2.75, 3.05) is 11.9 Å². The van der Waals surface area contributed by atoms with Gasteiger partial charge in [-0.3, -0.25) is 4.79 Å². The zero-order valence-electron chi connectivity index (χ0n) is 10.9. The molecule has 1 aromatic heterocycles. The number of hydrogen-bond acceptors (Lipinski definition) is 3. The van der Waals surface area contributed by atoms with Gasteiger partial charge in [-0.2, -0.15) is 0 Å². The number of carbonyl (C=O) groups is 1. The maximum atomic E-state index is 11.7. The van der Waals surface area contributed by atoms with Crippen LogP contribution in [0.25, 0.3) is 6.08 Å². The predicted molar refractivity (Wildman–Crippen MR) is 81.7 cm³/mol. The van der Waals surface area contributed by atoms with Crippen molar-refractivity contribution < 1.29 is 13.9 Å². The minimum Gasteiger partial charge on any atom is -0.494 e. The molecule has 0 aliphatic heterocycles. The van der Waals surface area contributed by atoms with Gasteiger partial charge in [-0.25, -0.2) is 0 Å². The Morgan fingerprint density at radius 3 is 2.65 bits per heavy atom. The Bertz CT molecular complexity index is 602. The molecule has 4 nitrogen and oxygen atoms in total. The highest BCUT2D eigenvalue weighted by Gasteiger charge is 2.00. The van der Waals surface area contributed by atoms with Crippen LogP contribution in [0.15, 0.2) is 51.6 Å². The van der Waals surface area contributed by atoms with Crippen LogP contribution >= 0.6 is 15.9 Å². The summed E-state index contributed by atoms with van der Waals surface area (Å²) in [5.74, 6) is 1.17. The first-order valence-corrected chi connectivity index (χ1v) is 6.94. The monoisotopic (exact) mass is 335 g/mol. The molecule has 0 fully saturated rings. The first-order chi connectivity index (χ1) is 9.67. The van der Waals surface area contributed by atoms with Crippen molar-refractivity contribution in [3.8, 4) is 5.75 Å². The summed E-state index contributed by atoms with van der Waals surface area (Å²) in [5.41, 5.74) is 0.712. The summed E-state index contributed by atoms with van der Waals surface area (Å²) in [6, 6.07) is 10.7. The van der Waals surface area contributed by atoms with Gasteiger partial charge in [-0.05, 0) is 65.3 Å². The quantitative estimate of drug-likeness (QED) is 0.837. The van der Waals surface area contributed by atoms with Gasteiger partial charge in [0.25, 0.3) is 0 Å². The minimum absolute atomic E-state index is 0.221. The molecule has 0 spiro atoms. The lowest BCUT2D eigenvalue weighted by Crippen LogP contribution is -2.07. The van der Waals surface area contributed by atoms with Crippen molar-refractivity contribution in [1.29, 1.82) is 0 Å². The molecule has 0 atom stereocenters. The van der Waals surface area contributed by atoms with E-state index in [2.05, 4.69) is 21.2 Å². The fraction of sp³-hybridized carbons (Fsp3) is 0.133. The van der Waals surface area contributed by atoms with Crippen molar-refractivity contribution in [3.63, 3.8) is 0 Å². The Morgan fingerprint density at radius 2 is 2.05 bits per heavy atom. The fourth-order valence-electron chi connectivity index (χ4n) is 1.56. The van der Waals surface area contributed by atoms with Crippen molar-refractivity contribution in [2.24, 2.45) is 0 Å². The summed E-state index contributed by atoms with van der Waals surface area (Å²) in [5, 5.41) is 2.75. The van der Waals surface area contributed by atoms with Crippen LogP contribution in [0.3, 0.4) is 0 Å². The number of halogens is 1.